The van der Waals surface area contributed by atoms with E-state index in [1.165, 1.54) is 7.11 Å². The van der Waals surface area contributed by atoms with E-state index in [0.29, 0.717) is 12.6 Å². The van der Waals surface area contributed by atoms with Crippen LogP contribution in [0.2, 0.25) is 18.6 Å². The zero-order valence-electron chi connectivity index (χ0n) is 8.66. The van der Waals surface area contributed by atoms with E-state index in [2.05, 4.69) is 0 Å². The van der Waals surface area contributed by atoms with Crippen molar-refractivity contribution in [1.29, 1.82) is 0 Å². The molecule has 2 nitrogen and oxygen atoms in total. The minimum Gasteiger partial charge on any atom is -0.420 e. The summed E-state index contributed by atoms with van der Waals surface area (Å²) >= 11 is 0. The Morgan fingerprint density at radius 1 is 1.29 bits per heavy atom. The van der Waals surface area contributed by atoms with Crippen LogP contribution in [0.5, 0.6) is 0 Å². The fraction of sp³-hybridized carbons (Fsp3) is 1.00. The number of nitrogens with two attached hydrogens (primary N) is 1. The quantitative estimate of drug-likeness (QED) is 0.710. The summed E-state index contributed by atoms with van der Waals surface area (Å²) in [6, 6.07) is 0.836. The van der Waals surface area contributed by atoms with Gasteiger partial charge in [0, 0.05) is 13.5 Å². The van der Waals surface area contributed by atoms with E-state index in [9.17, 15) is 13.2 Å². The maximum atomic E-state index is 12.0. The van der Waals surface area contributed by atoms with Gasteiger partial charge in [-0.15, -0.1) is 0 Å². The van der Waals surface area contributed by atoms with Gasteiger partial charge in [-0.1, -0.05) is 0 Å². The molecule has 86 valence electrons. The number of rotatable bonds is 6. The molecule has 6 heteroatoms. The average Bonchev–Trinajstić information content (AvgIpc) is 2.10. The Morgan fingerprint density at radius 3 is 2.21 bits per heavy atom. The van der Waals surface area contributed by atoms with Crippen molar-refractivity contribution < 1.29 is 17.6 Å². The predicted octanol–water partition coefficient (Wildman–Crippen LogP) is 2.51. The summed E-state index contributed by atoms with van der Waals surface area (Å²) in [5, 5.41) is 0. The van der Waals surface area contributed by atoms with Gasteiger partial charge in [0.1, 0.15) is 0 Å². The molecule has 14 heavy (non-hydrogen) atoms. The zero-order chi connectivity index (χ0) is 11.2. The van der Waals surface area contributed by atoms with Gasteiger partial charge in [-0.25, -0.2) is 0 Å². The molecule has 0 aliphatic carbocycles. The van der Waals surface area contributed by atoms with Crippen LogP contribution in [0.4, 0.5) is 13.2 Å². The van der Waals surface area contributed by atoms with Crippen LogP contribution in [0.3, 0.4) is 0 Å². The minimum atomic E-state index is -4.07. The van der Waals surface area contributed by atoms with Crippen molar-refractivity contribution >= 4 is 8.32 Å². The highest BCUT2D eigenvalue weighted by atomic mass is 28.4. The van der Waals surface area contributed by atoms with Crippen LogP contribution in [0.1, 0.15) is 12.8 Å². The van der Waals surface area contributed by atoms with Gasteiger partial charge in [-0.05, 0) is 31.6 Å². The van der Waals surface area contributed by atoms with Crippen LogP contribution < -0.4 is 5.73 Å². The summed E-state index contributed by atoms with van der Waals surface area (Å²) < 4.78 is 41.2. The third-order valence-electron chi connectivity index (χ3n) is 2.34. The Labute approximate surface area is 83.7 Å². The molecule has 0 fully saturated rings. The summed E-state index contributed by atoms with van der Waals surface area (Å²) in [6.07, 6.45) is -4.07. The fourth-order valence-corrected chi connectivity index (χ4v) is 3.63. The molecule has 0 rings (SSSR count). The Balaban J connectivity index is 3.98. The lowest BCUT2D eigenvalue weighted by molar-refractivity contribution is -0.131. The van der Waals surface area contributed by atoms with Crippen molar-refractivity contribution in [2.45, 2.75) is 37.7 Å². The lowest BCUT2D eigenvalue weighted by Crippen LogP contribution is -2.35. The molecule has 0 aromatic rings. The molecule has 0 aromatic carbocycles. The highest BCUT2D eigenvalue weighted by molar-refractivity contribution is 6.72. The Bertz CT molecular complexity index is 165. The maximum Gasteiger partial charge on any atom is 0.388 e. The van der Waals surface area contributed by atoms with Crippen molar-refractivity contribution in [3.63, 3.8) is 0 Å². The summed E-state index contributed by atoms with van der Waals surface area (Å²) in [5.41, 5.74) is 5.32. The molecule has 0 aromatic heterocycles. The molecule has 0 heterocycles. The van der Waals surface area contributed by atoms with Gasteiger partial charge < -0.3 is 10.2 Å². The molecular weight excluding hydrogens is 211 g/mol. The topological polar surface area (TPSA) is 35.2 Å². The van der Waals surface area contributed by atoms with Crippen LogP contribution in [0.15, 0.2) is 0 Å². The van der Waals surface area contributed by atoms with E-state index in [4.69, 9.17) is 10.2 Å². The molecular formula is C8H18F3NOSi. The van der Waals surface area contributed by atoms with Gasteiger partial charge in [0.25, 0.3) is 0 Å². The standard InChI is InChI=1S/C8H18F3NOSi/c1-13-14(2,6-3-5-12)7-4-8(9,10)11/h3-7,12H2,1-2H3. The molecule has 1 atom stereocenters. The van der Waals surface area contributed by atoms with Crippen molar-refractivity contribution in [3.05, 3.63) is 0 Å². The second-order valence-electron chi connectivity index (χ2n) is 3.66. The van der Waals surface area contributed by atoms with Crippen LogP contribution in [-0.2, 0) is 4.43 Å². The zero-order valence-corrected chi connectivity index (χ0v) is 9.66. The average molecular weight is 229 g/mol. The van der Waals surface area contributed by atoms with Crippen molar-refractivity contribution in [2.24, 2.45) is 5.73 Å². The molecule has 0 aliphatic heterocycles. The third kappa shape index (κ3) is 6.39. The summed E-state index contributed by atoms with van der Waals surface area (Å²) in [7, 11) is -0.655. The van der Waals surface area contributed by atoms with Gasteiger partial charge >= 0.3 is 6.18 Å². The van der Waals surface area contributed by atoms with Gasteiger partial charge in [-0.2, -0.15) is 13.2 Å². The monoisotopic (exact) mass is 229 g/mol. The highest BCUT2D eigenvalue weighted by Crippen LogP contribution is 2.28. The van der Waals surface area contributed by atoms with Crippen LogP contribution in [0.25, 0.3) is 0 Å². The van der Waals surface area contributed by atoms with Gasteiger partial charge in [0.15, 0.2) is 8.32 Å². The molecule has 0 saturated carbocycles. The number of halogens is 3. The number of hydrogen-bond donors (Lipinski definition) is 1. The first-order valence-corrected chi connectivity index (χ1v) is 7.47. The first-order valence-electron chi connectivity index (χ1n) is 4.65. The SMILES string of the molecule is CO[Si](C)(CCCN)CCC(F)(F)F. The smallest absolute Gasteiger partial charge is 0.388 e. The van der Waals surface area contributed by atoms with E-state index in [0.717, 1.165) is 6.42 Å². The largest absolute Gasteiger partial charge is 0.420 e. The molecule has 0 aliphatic rings. The van der Waals surface area contributed by atoms with E-state index in [1.807, 2.05) is 6.55 Å². The van der Waals surface area contributed by atoms with Crippen LogP contribution in [-0.4, -0.2) is 28.1 Å². The van der Waals surface area contributed by atoms with Gasteiger partial charge in [0.2, 0.25) is 0 Å². The van der Waals surface area contributed by atoms with E-state index >= 15 is 0 Å². The number of hydrogen-bond acceptors (Lipinski definition) is 2. The molecule has 2 N–H and O–H groups in total. The normalized spacial score (nSPS) is 16.7. The highest BCUT2D eigenvalue weighted by Gasteiger charge is 2.34. The Hall–Kier alpha value is -0.0731. The predicted molar refractivity (Wildman–Crippen MR) is 52.6 cm³/mol. The van der Waals surface area contributed by atoms with Gasteiger partial charge in [0.05, 0.1) is 0 Å². The summed E-state index contributed by atoms with van der Waals surface area (Å²) in [6.45, 7) is 2.34. The maximum absolute atomic E-state index is 12.0. The van der Waals surface area contributed by atoms with Crippen molar-refractivity contribution in [2.75, 3.05) is 13.7 Å². The van der Waals surface area contributed by atoms with E-state index in [1.54, 1.807) is 0 Å². The molecule has 0 spiro atoms. The first kappa shape index (κ1) is 13.9. The molecule has 1 unspecified atom stereocenters. The molecule has 0 radical (unpaired) electrons. The number of alkyl halides is 3. The molecule has 0 saturated heterocycles. The fourth-order valence-electron chi connectivity index (χ4n) is 1.21. The lowest BCUT2D eigenvalue weighted by Gasteiger charge is -2.25. The van der Waals surface area contributed by atoms with Crippen molar-refractivity contribution in [3.8, 4) is 0 Å². The summed E-state index contributed by atoms with van der Waals surface area (Å²) in [4.78, 5) is 0. The molecule has 0 bridgehead atoms. The van der Waals surface area contributed by atoms with Gasteiger partial charge in [-0.3, -0.25) is 0 Å². The Morgan fingerprint density at radius 2 is 1.86 bits per heavy atom. The second kappa shape index (κ2) is 5.72. The second-order valence-corrected chi connectivity index (χ2v) is 7.97. The third-order valence-corrected chi connectivity index (χ3v) is 6.04. The minimum absolute atomic E-state index is 0.132. The van der Waals surface area contributed by atoms with Crippen molar-refractivity contribution in [1.82, 2.24) is 0 Å². The molecule has 0 amide bonds. The first-order chi connectivity index (χ1) is 6.33. The Kier molecular flexibility index (Phi) is 5.69. The van der Waals surface area contributed by atoms with E-state index in [-0.39, 0.29) is 6.04 Å². The van der Waals surface area contributed by atoms with Crippen LogP contribution in [0, 0.1) is 0 Å². The van der Waals surface area contributed by atoms with Crippen LogP contribution >= 0.6 is 0 Å². The lowest BCUT2D eigenvalue weighted by atomic mass is 10.5. The van der Waals surface area contributed by atoms with E-state index < -0.39 is 20.9 Å². The summed E-state index contributed by atoms with van der Waals surface area (Å²) in [5.74, 6) is 0.